The predicted octanol–water partition coefficient (Wildman–Crippen LogP) is 8.94. The molecule has 1 saturated carbocycles. The minimum atomic E-state index is -0.846. The largest absolute Gasteiger partial charge is 0.424 e. The van der Waals surface area contributed by atoms with E-state index in [-0.39, 0.29) is 12.0 Å². The van der Waals surface area contributed by atoms with Crippen molar-refractivity contribution in [2.75, 3.05) is 0 Å². The van der Waals surface area contributed by atoms with E-state index in [1.807, 2.05) is 18.2 Å². The van der Waals surface area contributed by atoms with E-state index >= 15 is 0 Å². The van der Waals surface area contributed by atoms with Crippen LogP contribution in [0.3, 0.4) is 0 Å². The fourth-order valence-electron chi connectivity index (χ4n) is 6.88. The second kappa shape index (κ2) is 12.3. The third kappa shape index (κ3) is 5.58. The highest BCUT2D eigenvalue weighted by molar-refractivity contribution is 6.30. The van der Waals surface area contributed by atoms with E-state index in [0.717, 1.165) is 42.1 Å². The molecule has 43 heavy (non-hydrogen) atoms. The summed E-state index contributed by atoms with van der Waals surface area (Å²) in [6.07, 6.45) is 8.34. The predicted molar refractivity (Wildman–Crippen MR) is 176 cm³/mol. The number of ether oxygens (including phenoxy) is 1. The van der Waals surface area contributed by atoms with Crippen LogP contribution in [-0.4, -0.2) is 17.8 Å². The number of fused-ring (bicyclic) bond motifs is 1. The van der Waals surface area contributed by atoms with Crippen molar-refractivity contribution in [3.8, 4) is 0 Å². The average Bonchev–Trinajstić information content (AvgIpc) is 3.47. The van der Waals surface area contributed by atoms with Crippen LogP contribution in [0.2, 0.25) is 5.02 Å². The fraction of sp³-hybridized carbons (Fsp3) is 0.263. The molecule has 2 aliphatic heterocycles. The van der Waals surface area contributed by atoms with Gasteiger partial charge in [-0.05, 0) is 59.2 Å². The number of hydrogen-bond acceptors (Lipinski definition) is 4. The Labute approximate surface area is 259 Å². The van der Waals surface area contributed by atoms with Crippen molar-refractivity contribution in [2.45, 2.75) is 56.1 Å². The maximum Gasteiger partial charge on any atom is 0.230 e. The first-order chi connectivity index (χ1) is 21.2. The number of aliphatic imine (C=N–C) groups is 2. The molecule has 0 amide bonds. The summed E-state index contributed by atoms with van der Waals surface area (Å²) >= 11 is 6.41. The Morgan fingerprint density at radius 1 is 0.791 bits per heavy atom. The molecule has 1 fully saturated rings. The van der Waals surface area contributed by atoms with Crippen LogP contribution in [0.1, 0.15) is 60.3 Å². The number of benzene rings is 4. The van der Waals surface area contributed by atoms with Gasteiger partial charge in [0, 0.05) is 17.5 Å². The fourth-order valence-corrected chi connectivity index (χ4v) is 7.00. The van der Waals surface area contributed by atoms with Gasteiger partial charge in [0.2, 0.25) is 11.8 Å². The second-order valence-corrected chi connectivity index (χ2v) is 12.2. The van der Waals surface area contributed by atoms with E-state index in [1.54, 1.807) is 0 Å². The molecular formula is C38H36ClN3O. The Bertz CT molecular complexity index is 1630. The SMILES string of the molecule is Clc1ccc([C@]23N=C(C(NCc4ccccc4)C4CCCCC4)OC2=NC(c2ccccc2)=C[C@H]3c2ccccc2)cc1. The molecule has 4 aromatic carbocycles. The van der Waals surface area contributed by atoms with Crippen molar-refractivity contribution in [3.05, 3.63) is 149 Å². The lowest BCUT2D eigenvalue weighted by molar-refractivity contribution is 0.293. The van der Waals surface area contributed by atoms with Crippen molar-refractivity contribution >= 4 is 29.1 Å². The Hall–Kier alpha value is -3.99. The van der Waals surface area contributed by atoms with Gasteiger partial charge in [-0.15, -0.1) is 0 Å². The number of nitrogens with zero attached hydrogens (tertiary/aromatic N) is 2. The Balaban J connectivity index is 1.38. The van der Waals surface area contributed by atoms with Gasteiger partial charge in [0.15, 0.2) is 5.54 Å². The summed E-state index contributed by atoms with van der Waals surface area (Å²) in [6, 6.07) is 39.6. The summed E-state index contributed by atoms with van der Waals surface area (Å²) in [5.41, 5.74) is 4.55. The molecule has 0 aromatic heterocycles. The van der Waals surface area contributed by atoms with Gasteiger partial charge in [-0.3, -0.25) is 0 Å². The molecule has 2 heterocycles. The van der Waals surface area contributed by atoms with Crippen LogP contribution in [0, 0.1) is 5.92 Å². The van der Waals surface area contributed by atoms with Gasteiger partial charge in [-0.1, -0.05) is 134 Å². The van der Waals surface area contributed by atoms with Gasteiger partial charge in [0.1, 0.15) is 0 Å². The Morgan fingerprint density at radius 2 is 1.44 bits per heavy atom. The summed E-state index contributed by atoms with van der Waals surface area (Å²) in [6.45, 7) is 0.750. The average molecular weight is 586 g/mol. The normalized spacial score (nSPS) is 22.5. The van der Waals surface area contributed by atoms with Crippen LogP contribution in [0.5, 0.6) is 0 Å². The maximum absolute atomic E-state index is 6.92. The topological polar surface area (TPSA) is 46.0 Å². The summed E-state index contributed by atoms with van der Waals surface area (Å²) in [5, 5.41) is 4.58. The first-order valence-corrected chi connectivity index (χ1v) is 15.8. The lowest BCUT2D eigenvalue weighted by Gasteiger charge is -2.35. The van der Waals surface area contributed by atoms with Crippen LogP contribution in [0.15, 0.2) is 131 Å². The highest BCUT2D eigenvalue weighted by atomic mass is 35.5. The van der Waals surface area contributed by atoms with E-state index in [9.17, 15) is 0 Å². The first-order valence-electron chi connectivity index (χ1n) is 15.4. The number of hydrogen-bond donors (Lipinski definition) is 1. The molecule has 0 spiro atoms. The summed E-state index contributed by atoms with van der Waals surface area (Å²) < 4.78 is 6.92. The second-order valence-electron chi connectivity index (χ2n) is 11.8. The van der Waals surface area contributed by atoms with Gasteiger partial charge in [0.25, 0.3) is 0 Å². The van der Waals surface area contributed by atoms with Crippen LogP contribution in [0.4, 0.5) is 0 Å². The highest BCUT2D eigenvalue weighted by Gasteiger charge is 2.54. The molecule has 216 valence electrons. The van der Waals surface area contributed by atoms with Crippen LogP contribution in [0.25, 0.3) is 5.70 Å². The molecule has 5 heteroatoms. The summed E-state index contributed by atoms with van der Waals surface area (Å²) in [7, 11) is 0. The van der Waals surface area contributed by atoms with Crippen molar-refractivity contribution in [2.24, 2.45) is 15.9 Å². The zero-order valence-electron chi connectivity index (χ0n) is 24.2. The molecule has 0 radical (unpaired) electrons. The minimum Gasteiger partial charge on any atom is -0.424 e. The van der Waals surface area contributed by atoms with Crippen LogP contribution >= 0.6 is 11.6 Å². The molecular weight excluding hydrogens is 550 g/mol. The van der Waals surface area contributed by atoms with E-state index in [2.05, 4.69) is 108 Å². The Morgan fingerprint density at radius 3 is 2.14 bits per heavy atom. The van der Waals surface area contributed by atoms with Crippen molar-refractivity contribution in [3.63, 3.8) is 0 Å². The van der Waals surface area contributed by atoms with E-state index in [4.69, 9.17) is 26.3 Å². The van der Waals surface area contributed by atoms with Gasteiger partial charge in [0.05, 0.1) is 11.7 Å². The monoisotopic (exact) mass is 585 g/mol. The quantitative estimate of drug-likeness (QED) is 0.224. The number of nitrogens with one attached hydrogen (secondary N) is 1. The molecule has 1 unspecified atom stereocenters. The highest BCUT2D eigenvalue weighted by Crippen LogP contribution is 2.51. The van der Waals surface area contributed by atoms with Gasteiger partial charge >= 0.3 is 0 Å². The minimum absolute atomic E-state index is 0.0189. The van der Waals surface area contributed by atoms with E-state index < -0.39 is 5.54 Å². The van der Waals surface area contributed by atoms with Crippen molar-refractivity contribution < 1.29 is 4.74 Å². The summed E-state index contributed by atoms with van der Waals surface area (Å²) in [5.74, 6) is 1.68. The molecule has 4 aromatic rings. The van der Waals surface area contributed by atoms with Crippen LogP contribution in [-0.2, 0) is 16.8 Å². The zero-order chi connectivity index (χ0) is 29.1. The molecule has 3 atom stereocenters. The van der Waals surface area contributed by atoms with Crippen molar-refractivity contribution in [1.29, 1.82) is 0 Å². The molecule has 0 bridgehead atoms. The lowest BCUT2D eigenvalue weighted by Crippen LogP contribution is -2.43. The zero-order valence-corrected chi connectivity index (χ0v) is 25.0. The Kier molecular flexibility index (Phi) is 7.97. The number of halogens is 1. The first kappa shape index (κ1) is 27.8. The van der Waals surface area contributed by atoms with Gasteiger partial charge in [-0.2, -0.15) is 0 Å². The molecule has 3 aliphatic rings. The maximum atomic E-state index is 6.92. The number of rotatable bonds is 8. The molecule has 0 saturated heterocycles. The molecule has 1 aliphatic carbocycles. The molecule has 7 rings (SSSR count). The van der Waals surface area contributed by atoms with E-state index in [1.165, 1.54) is 30.4 Å². The third-order valence-corrected chi connectivity index (χ3v) is 9.33. The smallest absolute Gasteiger partial charge is 0.230 e. The standard InChI is InChI=1S/C38H36ClN3O/c39-32-23-21-31(22-24-32)38-33(28-15-7-2-8-16-28)25-34(29-17-9-3-10-18-29)41-37(38)43-36(42-38)35(30-19-11-4-12-20-30)40-26-27-13-5-1-6-14-27/h1-3,5-10,13-18,21-25,30,33,35,40H,4,11-12,19-20,26H2/t33-,35?,38+/m0/s1. The lowest BCUT2D eigenvalue weighted by atomic mass is 9.72. The van der Waals surface area contributed by atoms with E-state index in [0.29, 0.717) is 16.8 Å². The van der Waals surface area contributed by atoms with Gasteiger partial charge in [-0.25, -0.2) is 9.98 Å². The van der Waals surface area contributed by atoms with Crippen molar-refractivity contribution in [1.82, 2.24) is 5.32 Å². The summed E-state index contributed by atoms with van der Waals surface area (Å²) in [4.78, 5) is 10.9. The third-order valence-electron chi connectivity index (χ3n) is 9.08. The van der Waals surface area contributed by atoms with Crippen LogP contribution < -0.4 is 5.32 Å². The molecule has 1 N–H and O–H groups in total. The van der Waals surface area contributed by atoms with Gasteiger partial charge < -0.3 is 10.1 Å². The molecule has 4 nitrogen and oxygen atoms in total.